The third-order valence-electron chi connectivity index (χ3n) is 4.89. The highest BCUT2D eigenvalue weighted by atomic mass is 16.6. The normalized spacial score (nSPS) is 12.7. The van der Waals surface area contributed by atoms with Gasteiger partial charge in [-0.15, -0.1) is 0 Å². The van der Waals surface area contributed by atoms with E-state index in [0.29, 0.717) is 18.4 Å². The molecule has 1 rings (SSSR count). The fraction of sp³-hybridized carbons (Fsp3) is 0.600. The summed E-state index contributed by atoms with van der Waals surface area (Å²) in [5.41, 5.74) is -0.500. The number of nitrogens with one attached hydrogen (secondary N) is 2. The molecule has 11 heteroatoms. The standard InChI is InChI=1S/C25H39N3O8/c1-6-8-14-28(23(33)19(16-29)27-24(34)36-25(3,4)5)21(17-10-9-11-18(30)15-17)22(32)26-13-12-20(31)35-7-2/h9-11,15,19,21,29-30H,6-8,12-14,16H2,1-5H3,(H,26,32)(H,27,34). The third-order valence-corrected chi connectivity index (χ3v) is 4.89. The predicted octanol–water partition coefficient (Wildman–Crippen LogP) is 2.02. The van der Waals surface area contributed by atoms with Crippen molar-refractivity contribution in [3.05, 3.63) is 29.8 Å². The molecule has 0 radical (unpaired) electrons. The minimum atomic E-state index is -1.37. The third kappa shape index (κ3) is 10.5. The predicted molar refractivity (Wildman–Crippen MR) is 132 cm³/mol. The summed E-state index contributed by atoms with van der Waals surface area (Å²) in [6.45, 7) is 8.17. The van der Waals surface area contributed by atoms with E-state index in [4.69, 9.17) is 9.47 Å². The molecule has 0 fully saturated rings. The number of unbranched alkanes of at least 4 members (excludes halogenated alkanes) is 1. The largest absolute Gasteiger partial charge is 0.508 e. The number of hydrogen-bond donors (Lipinski definition) is 4. The minimum absolute atomic E-state index is 0.0254. The van der Waals surface area contributed by atoms with Crippen LogP contribution in [0.4, 0.5) is 4.79 Å². The monoisotopic (exact) mass is 509 g/mol. The van der Waals surface area contributed by atoms with Gasteiger partial charge in [-0.2, -0.15) is 0 Å². The van der Waals surface area contributed by atoms with Crippen LogP contribution in [-0.2, 0) is 23.9 Å². The molecule has 0 aliphatic carbocycles. The van der Waals surface area contributed by atoms with E-state index in [1.807, 2.05) is 6.92 Å². The second-order valence-corrected chi connectivity index (χ2v) is 9.11. The Labute approximate surface area is 212 Å². The molecule has 4 N–H and O–H groups in total. The molecule has 202 valence electrons. The Bertz CT molecular complexity index is 884. The molecule has 1 aromatic carbocycles. The number of benzene rings is 1. The van der Waals surface area contributed by atoms with Gasteiger partial charge in [0, 0.05) is 13.1 Å². The van der Waals surface area contributed by atoms with E-state index in [0.717, 1.165) is 0 Å². The molecule has 0 aromatic heterocycles. The highest BCUT2D eigenvalue weighted by Gasteiger charge is 2.36. The van der Waals surface area contributed by atoms with Crippen LogP contribution < -0.4 is 10.6 Å². The first-order chi connectivity index (χ1) is 16.9. The van der Waals surface area contributed by atoms with Crippen molar-refractivity contribution in [3.63, 3.8) is 0 Å². The number of aliphatic hydroxyl groups is 1. The molecule has 0 heterocycles. The number of carbonyl (C=O) groups excluding carboxylic acids is 4. The van der Waals surface area contributed by atoms with Gasteiger partial charge in [0.2, 0.25) is 11.8 Å². The van der Waals surface area contributed by atoms with Gasteiger partial charge in [-0.25, -0.2) is 4.79 Å². The van der Waals surface area contributed by atoms with Gasteiger partial charge in [-0.05, 0) is 51.8 Å². The topological polar surface area (TPSA) is 154 Å². The van der Waals surface area contributed by atoms with E-state index in [1.165, 1.54) is 23.1 Å². The quantitative estimate of drug-likeness (QED) is 0.295. The first kappa shape index (κ1) is 30.7. The molecule has 0 aliphatic heterocycles. The van der Waals surface area contributed by atoms with E-state index < -0.39 is 48.2 Å². The maximum absolute atomic E-state index is 13.5. The number of carbonyl (C=O) groups is 4. The van der Waals surface area contributed by atoms with Crippen LogP contribution in [-0.4, -0.2) is 76.9 Å². The molecule has 11 nitrogen and oxygen atoms in total. The van der Waals surface area contributed by atoms with Crippen molar-refractivity contribution < 1.29 is 38.9 Å². The van der Waals surface area contributed by atoms with Gasteiger partial charge in [0.15, 0.2) is 0 Å². The number of amides is 3. The second-order valence-electron chi connectivity index (χ2n) is 9.11. The van der Waals surface area contributed by atoms with Gasteiger partial charge in [0.25, 0.3) is 0 Å². The van der Waals surface area contributed by atoms with Gasteiger partial charge in [-0.1, -0.05) is 25.5 Å². The Morgan fingerprint density at radius 2 is 1.83 bits per heavy atom. The van der Waals surface area contributed by atoms with E-state index in [2.05, 4.69) is 10.6 Å². The van der Waals surface area contributed by atoms with Crippen molar-refractivity contribution in [2.24, 2.45) is 0 Å². The average molecular weight is 510 g/mol. The van der Waals surface area contributed by atoms with Gasteiger partial charge >= 0.3 is 12.1 Å². The number of esters is 1. The summed E-state index contributed by atoms with van der Waals surface area (Å²) < 4.78 is 10.1. The molecule has 36 heavy (non-hydrogen) atoms. The van der Waals surface area contributed by atoms with E-state index in [-0.39, 0.29) is 31.9 Å². The number of ether oxygens (including phenoxy) is 2. The Kier molecular flexibility index (Phi) is 12.7. The molecule has 2 unspecified atom stereocenters. The number of phenolic OH excluding ortho intramolecular Hbond substituents is 1. The SMILES string of the molecule is CCCCN(C(=O)C(CO)NC(=O)OC(C)(C)C)C(C(=O)NCCC(=O)OCC)c1cccc(O)c1. The number of rotatable bonds is 13. The van der Waals surface area contributed by atoms with E-state index >= 15 is 0 Å². The first-order valence-electron chi connectivity index (χ1n) is 12.1. The Morgan fingerprint density at radius 3 is 2.39 bits per heavy atom. The lowest BCUT2D eigenvalue weighted by Crippen LogP contribution is -2.54. The zero-order valence-electron chi connectivity index (χ0n) is 21.7. The number of hydrogen-bond acceptors (Lipinski definition) is 8. The summed E-state index contributed by atoms with van der Waals surface area (Å²) >= 11 is 0. The number of aliphatic hydroxyl groups excluding tert-OH is 1. The number of nitrogens with zero attached hydrogens (tertiary/aromatic N) is 1. The highest BCUT2D eigenvalue weighted by molar-refractivity contribution is 5.92. The van der Waals surface area contributed by atoms with Crippen molar-refractivity contribution in [3.8, 4) is 5.75 Å². The number of alkyl carbamates (subject to hydrolysis) is 1. The smallest absolute Gasteiger partial charge is 0.408 e. The maximum Gasteiger partial charge on any atom is 0.408 e. The lowest BCUT2D eigenvalue weighted by molar-refractivity contribution is -0.144. The van der Waals surface area contributed by atoms with Gasteiger partial charge in [-0.3, -0.25) is 14.4 Å². The summed E-state index contributed by atoms with van der Waals surface area (Å²) in [4.78, 5) is 52.0. The second kappa shape index (κ2) is 14.9. The summed E-state index contributed by atoms with van der Waals surface area (Å²) in [5.74, 6) is -1.88. The van der Waals surface area contributed by atoms with Gasteiger partial charge in [0.1, 0.15) is 23.4 Å². The van der Waals surface area contributed by atoms with Crippen LogP contribution in [0.15, 0.2) is 24.3 Å². The zero-order valence-corrected chi connectivity index (χ0v) is 21.7. The zero-order chi connectivity index (χ0) is 27.3. The lowest BCUT2D eigenvalue weighted by Gasteiger charge is -2.34. The van der Waals surface area contributed by atoms with Crippen LogP contribution in [0.1, 0.15) is 65.5 Å². The highest BCUT2D eigenvalue weighted by Crippen LogP contribution is 2.26. The van der Waals surface area contributed by atoms with Gasteiger partial charge in [0.05, 0.1) is 19.6 Å². The molecule has 1 aromatic rings. The van der Waals surface area contributed by atoms with Crippen LogP contribution in [0.5, 0.6) is 5.75 Å². The van der Waals surface area contributed by atoms with Crippen LogP contribution >= 0.6 is 0 Å². The number of aromatic hydroxyl groups is 1. The molecule has 3 amide bonds. The molecular weight excluding hydrogens is 470 g/mol. The molecule has 0 bridgehead atoms. The van der Waals surface area contributed by atoms with E-state index in [9.17, 15) is 29.4 Å². The van der Waals surface area contributed by atoms with Crippen LogP contribution in [0.3, 0.4) is 0 Å². The Morgan fingerprint density at radius 1 is 1.14 bits per heavy atom. The average Bonchev–Trinajstić information content (AvgIpc) is 2.78. The molecule has 0 spiro atoms. The Balaban J connectivity index is 3.28. The summed E-state index contributed by atoms with van der Waals surface area (Å²) in [6, 6.07) is 3.33. The van der Waals surface area contributed by atoms with E-state index in [1.54, 1.807) is 33.8 Å². The molecule has 0 saturated heterocycles. The summed E-state index contributed by atoms with van der Waals surface area (Å²) in [7, 11) is 0. The number of phenols is 1. The van der Waals surface area contributed by atoms with Crippen LogP contribution in [0, 0.1) is 0 Å². The van der Waals surface area contributed by atoms with Crippen molar-refractivity contribution in [2.45, 2.75) is 71.6 Å². The van der Waals surface area contributed by atoms with Crippen molar-refractivity contribution >= 4 is 23.9 Å². The molecule has 0 aliphatic rings. The summed E-state index contributed by atoms with van der Waals surface area (Å²) in [5, 5.41) is 24.9. The van der Waals surface area contributed by atoms with Crippen molar-refractivity contribution in [1.29, 1.82) is 0 Å². The molecule has 0 saturated carbocycles. The Hall–Kier alpha value is -3.34. The first-order valence-corrected chi connectivity index (χ1v) is 12.1. The molecular formula is C25H39N3O8. The van der Waals surface area contributed by atoms with Crippen molar-refractivity contribution in [1.82, 2.24) is 15.5 Å². The van der Waals surface area contributed by atoms with Crippen LogP contribution in [0.25, 0.3) is 0 Å². The molecule has 2 atom stereocenters. The van der Waals surface area contributed by atoms with Gasteiger partial charge < -0.3 is 35.2 Å². The van der Waals surface area contributed by atoms with Crippen molar-refractivity contribution in [2.75, 3.05) is 26.3 Å². The fourth-order valence-corrected chi connectivity index (χ4v) is 3.32. The maximum atomic E-state index is 13.5. The fourth-order valence-electron chi connectivity index (χ4n) is 3.32. The minimum Gasteiger partial charge on any atom is -0.508 e. The van der Waals surface area contributed by atoms with Crippen LogP contribution in [0.2, 0.25) is 0 Å². The summed E-state index contributed by atoms with van der Waals surface area (Å²) in [6.07, 6.45) is 0.277. The lowest BCUT2D eigenvalue weighted by atomic mass is 10.0.